The van der Waals surface area contributed by atoms with Crippen molar-refractivity contribution >= 4 is 5.91 Å². The first-order valence-electron chi connectivity index (χ1n) is 10.3. The van der Waals surface area contributed by atoms with Gasteiger partial charge >= 0.3 is 0 Å². The molecule has 2 aromatic carbocycles. The van der Waals surface area contributed by atoms with E-state index in [1.165, 1.54) is 12.0 Å². The highest BCUT2D eigenvalue weighted by Gasteiger charge is 2.41. The van der Waals surface area contributed by atoms with E-state index in [1.54, 1.807) is 18.2 Å². The Morgan fingerprint density at radius 1 is 1.11 bits per heavy atom. The first-order valence-corrected chi connectivity index (χ1v) is 10.3. The number of hydrogen-bond acceptors (Lipinski definition) is 3. The molecule has 0 unspecified atom stereocenters. The molecule has 0 bridgehead atoms. The van der Waals surface area contributed by atoms with Crippen LogP contribution in [-0.2, 0) is 11.2 Å². The molecule has 1 amide bonds. The van der Waals surface area contributed by atoms with Gasteiger partial charge in [-0.25, -0.2) is 0 Å². The summed E-state index contributed by atoms with van der Waals surface area (Å²) in [7, 11) is 2.23. The fraction of sp³-hybridized carbons (Fsp3) is 0.458. The molecule has 148 valence electrons. The summed E-state index contributed by atoms with van der Waals surface area (Å²) in [6, 6.07) is 17.9. The van der Waals surface area contributed by atoms with Crippen LogP contribution in [0, 0.1) is 5.41 Å². The first-order chi connectivity index (χ1) is 13.5. The van der Waals surface area contributed by atoms with Crippen LogP contribution in [0.2, 0.25) is 0 Å². The molecule has 2 fully saturated rings. The number of carbonyl (C=O) groups is 1. The minimum atomic E-state index is 0.171. The van der Waals surface area contributed by atoms with E-state index in [4.69, 9.17) is 0 Å². The van der Waals surface area contributed by atoms with E-state index < -0.39 is 0 Å². The quantitative estimate of drug-likeness (QED) is 0.886. The monoisotopic (exact) mass is 378 g/mol. The van der Waals surface area contributed by atoms with E-state index in [9.17, 15) is 9.90 Å². The number of carbonyl (C=O) groups excluding carboxylic acids is 1. The van der Waals surface area contributed by atoms with E-state index in [2.05, 4.69) is 42.3 Å². The van der Waals surface area contributed by atoms with Crippen molar-refractivity contribution in [2.24, 2.45) is 5.41 Å². The second-order valence-corrected chi connectivity index (χ2v) is 8.74. The van der Waals surface area contributed by atoms with Crippen LogP contribution in [0.1, 0.15) is 36.3 Å². The smallest absolute Gasteiger partial charge is 0.226 e. The molecular weight excluding hydrogens is 348 g/mol. The van der Waals surface area contributed by atoms with Gasteiger partial charge in [0, 0.05) is 26.2 Å². The molecule has 0 saturated carbocycles. The minimum Gasteiger partial charge on any atom is -0.508 e. The number of phenolic OH excluding ortho intramolecular Hbond substituents is 1. The third-order valence-electron chi connectivity index (χ3n) is 6.53. The zero-order valence-corrected chi connectivity index (χ0v) is 16.7. The number of nitrogens with zero attached hydrogens (tertiary/aromatic N) is 2. The molecule has 28 heavy (non-hydrogen) atoms. The number of likely N-dealkylation sites (tertiary alicyclic amines) is 2. The van der Waals surface area contributed by atoms with Crippen LogP contribution >= 0.6 is 0 Å². The maximum Gasteiger partial charge on any atom is 0.226 e. The highest BCUT2D eigenvalue weighted by Crippen LogP contribution is 2.44. The molecule has 2 saturated heterocycles. The highest BCUT2D eigenvalue weighted by atomic mass is 16.3. The van der Waals surface area contributed by atoms with E-state index in [-0.39, 0.29) is 11.7 Å². The summed E-state index contributed by atoms with van der Waals surface area (Å²) in [5, 5.41) is 9.62. The maximum absolute atomic E-state index is 12.7. The molecule has 2 heterocycles. The number of rotatable bonds is 3. The third-order valence-corrected chi connectivity index (χ3v) is 6.53. The van der Waals surface area contributed by atoms with Gasteiger partial charge in [0.05, 0.1) is 6.42 Å². The summed E-state index contributed by atoms with van der Waals surface area (Å²) in [6.07, 6.45) is 3.74. The number of amides is 1. The van der Waals surface area contributed by atoms with Gasteiger partial charge in [0.25, 0.3) is 0 Å². The average molecular weight is 379 g/mol. The van der Waals surface area contributed by atoms with Crippen molar-refractivity contribution in [1.29, 1.82) is 0 Å². The number of benzene rings is 2. The molecule has 1 atom stereocenters. The Kier molecular flexibility index (Phi) is 5.40. The Balaban J connectivity index is 1.39. The second kappa shape index (κ2) is 7.96. The fourth-order valence-electron chi connectivity index (χ4n) is 5.16. The van der Waals surface area contributed by atoms with Crippen LogP contribution in [0.5, 0.6) is 5.75 Å². The van der Waals surface area contributed by atoms with Crippen LogP contribution in [0.15, 0.2) is 54.6 Å². The molecule has 0 aromatic heterocycles. The van der Waals surface area contributed by atoms with E-state index in [0.29, 0.717) is 17.8 Å². The zero-order valence-electron chi connectivity index (χ0n) is 16.7. The van der Waals surface area contributed by atoms with Crippen LogP contribution in [0.4, 0.5) is 0 Å². The van der Waals surface area contributed by atoms with Gasteiger partial charge in [-0.2, -0.15) is 0 Å². The number of phenols is 1. The number of piperidine rings is 2. The summed E-state index contributed by atoms with van der Waals surface area (Å²) in [6.45, 7) is 3.93. The number of likely N-dealkylation sites (N-methyl/N-ethyl adjacent to an activating group) is 1. The predicted octanol–water partition coefficient (Wildman–Crippen LogP) is 3.66. The third kappa shape index (κ3) is 4.22. The second-order valence-electron chi connectivity index (χ2n) is 8.74. The van der Waals surface area contributed by atoms with Crippen LogP contribution in [0.25, 0.3) is 0 Å². The zero-order chi connectivity index (χ0) is 19.6. The highest BCUT2D eigenvalue weighted by molar-refractivity contribution is 5.79. The Morgan fingerprint density at radius 3 is 2.57 bits per heavy atom. The standard InChI is InChI=1S/C24H30N2O2/c1-25-17-21(20-7-3-2-4-8-20)16-24(18-25)10-12-26(13-11-24)23(28)15-19-6-5-9-22(27)14-19/h2-9,14,21,27H,10-13,15-18H2,1H3/t21-/m1/s1. The van der Waals surface area contributed by atoms with Crippen LogP contribution in [0.3, 0.4) is 0 Å². The lowest BCUT2D eigenvalue weighted by Crippen LogP contribution is -2.51. The van der Waals surface area contributed by atoms with Gasteiger partial charge in [-0.1, -0.05) is 42.5 Å². The SMILES string of the molecule is CN1C[C@H](c2ccccc2)CC2(CCN(C(=O)Cc3cccc(O)c3)CC2)C1. The number of aromatic hydroxyl groups is 1. The van der Waals surface area contributed by atoms with Crippen LogP contribution < -0.4 is 0 Å². The molecule has 4 heteroatoms. The predicted molar refractivity (Wildman–Crippen MR) is 111 cm³/mol. The van der Waals surface area contributed by atoms with E-state index in [0.717, 1.165) is 44.6 Å². The van der Waals surface area contributed by atoms with Gasteiger partial charge in [0.2, 0.25) is 5.91 Å². The lowest BCUT2D eigenvalue weighted by Gasteiger charge is -2.49. The fourth-order valence-corrected chi connectivity index (χ4v) is 5.16. The van der Waals surface area contributed by atoms with Gasteiger partial charge in [0.15, 0.2) is 0 Å². The van der Waals surface area contributed by atoms with Gasteiger partial charge < -0.3 is 14.9 Å². The molecule has 4 nitrogen and oxygen atoms in total. The van der Waals surface area contributed by atoms with Crippen molar-refractivity contribution in [3.63, 3.8) is 0 Å². The molecule has 1 N–H and O–H groups in total. The molecule has 0 radical (unpaired) electrons. The molecule has 2 aliphatic heterocycles. The van der Waals surface area contributed by atoms with Gasteiger partial charge in [0.1, 0.15) is 5.75 Å². The topological polar surface area (TPSA) is 43.8 Å². The lowest BCUT2D eigenvalue weighted by molar-refractivity contribution is -0.133. The van der Waals surface area contributed by atoms with Crippen molar-refractivity contribution in [3.05, 3.63) is 65.7 Å². The lowest BCUT2D eigenvalue weighted by atomic mass is 9.68. The van der Waals surface area contributed by atoms with Crippen molar-refractivity contribution < 1.29 is 9.90 Å². The summed E-state index contributed by atoms with van der Waals surface area (Å²) in [5.41, 5.74) is 2.64. The molecule has 1 spiro atoms. The van der Waals surface area contributed by atoms with E-state index in [1.807, 2.05) is 11.0 Å². The Morgan fingerprint density at radius 2 is 1.86 bits per heavy atom. The van der Waals surface area contributed by atoms with Crippen molar-refractivity contribution in [2.45, 2.75) is 31.6 Å². The molecule has 2 aliphatic rings. The van der Waals surface area contributed by atoms with Gasteiger partial charge in [-0.3, -0.25) is 4.79 Å². The van der Waals surface area contributed by atoms with Crippen molar-refractivity contribution in [3.8, 4) is 5.75 Å². The van der Waals surface area contributed by atoms with E-state index >= 15 is 0 Å². The summed E-state index contributed by atoms with van der Waals surface area (Å²) >= 11 is 0. The average Bonchev–Trinajstić information content (AvgIpc) is 2.68. The summed E-state index contributed by atoms with van der Waals surface area (Å²) in [4.78, 5) is 17.2. The van der Waals surface area contributed by atoms with Gasteiger partial charge in [-0.15, -0.1) is 0 Å². The Bertz CT molecular complexity index is 812. The molecule has 2 aromatic rings. The van der Waals surface area contributed by atoms with Gasteiger partial charge in [-0.05, 0) is 60.9 Å². The molecule has 0 aliphatic carbocycles. The summed E-state index contributed by atoms with van der Waals surface area (Å²) < 4.78 is 0. The minimum absolute atomic E-state index is 0.171. The summed E-state index contributed by atoms with van der Waals surface area (Å²) in [5.74, 6) is 0.971. The van der Waals surface area contributed by atoms with Crippen molar-refractivity contribution in [1.82, 2.24) is 9.80 Å². The normalized spacial score (nSPS) is 22.3. The Hall–Kier alpha value is -2.33. The molecule has 4 rings (SSSR count). The van der Waals surface area contributed by atoms with Crippen molar-refractivity contribution in [2.75, 3.05) is 33.2 Å². The Labute approximate surface area is 167 Å². The molecular formula is C24H30N2O2. The maximum atomic E-state index is 12.7. The van der Waals surface area contributed by atoms with Crippen LogP contribution in [-0.4, -0.2) is 54.0 Å². The largest absolute Gasteiger partial charge is 0.508 e. The first kappa shape index (κ1) is 19.0. The number of hydrogen-bond donors (Lipinski definition) is 1.